The van der Waals surface area contributed by atoms with Gasteiger partial charge in [0.25, 0.3) is 0 Å². The zero-order valence-electron chi connectivity index (χ0n) is 15.3. The molecule has 2 amide bonds. The van der Waals surface area contributed by atoms with E-state index >= 15 is 0 Å². The molecule has 1 aromatic heterocycles. The molecule has 0 bridgehead atoms. The maximum absolute atomic E-state index is 12.7. The van der Waals surface area contributed by atoms with Gasteiger partial charge in [-0.3, -0.25) is 9.59 Å². The van der Waals surface area contributed by atoms with E-state index in [1.165, 1.54) is 0 Å². The van der Waals surface area contributed by atoms with Gasteiger partial charge in [-0.15, -0.1) is 0 Å². The number of amides is 2. The van der Waals surface area contributed by atoms with Gasteiger partial charge in [0, 0.05) is 37.7 Å². The number of hydrogen-bond donors (Lipinski definition) is 1. The van der Waals surface area contributed by atoms with Crippen molar-refractivity contribution in [1.29, 1.82) is 0 Å². The standard InChI is InChI=1S/C20H22N4O3/c1-27-16-5-2-13(3-6-16)8-18-21-10-15-11-24(12-17(15)23-18)20(26)14-4-7-19(25)22-9-14/h2-3,5-6,10,14H,4,7-9,11-12H2,1H3,(H,22,25)/t14-/m1/s1. The van der Waals surface area contributed by atoms with Crippen molar-refractivity contribution < 1.29 is 14.3 Å². The Kier molecular flexibility index (Phi) is 4.75. The first-order valence-electron chi connectivity index (χ1n) is 9.14. The van der Waals surface area contributed by atoms with Crippen LogP contribution in [0.5, 0.6) is 5.75 Å². The van der Waals surface area contributed by atoms with E-state index in [2.05, 4.69) is 15.3 Å². The van der Waals surface area contributed by atoms with Gasteiger partial charge < -0.3 is 15.0 Å². The molecular formula is C20H22N4O3. The number of ether oxygens (including phenoxy) is 1. The number of fused-ring (bicyclic) bond motifs is 1. The summed E-state index contributed by atoms with van der Waals surface area (Å²) in [4.78, 5) is 35.0. The van der Waals surface area contributed by atoms with Crippen LogP contribution in [-0.2, 0) is 29.1 Å². The largest absolute Gasteiger partial charge is 0.497 e. The van der Waals surface area contributed by atoms with Crippen molar-refractivity contribution in [3.8, 4) is 5.75 Å². The molecule has 2 aliphatic rings. The summed E-state index contributed by atoms with van der Waals surface area (Å²) in [5.41, 5.74) is 3.03. The molecule has 0 unspecified atom stereocenters. The van der Waals surface area contributed by atoms with E-state index in [0.29, 0.717) is 38.9 Å². The number of rotatable bonds is 4. The van der Waals surface area contributed by atoms with Gasteiger partial charge in [-0.2, -0.15) is 0 Å². The summed E-state index contributed by atoms with van der Waals surface area (Å²) < 4.78 is 5.18. The Bertz CT molecular complexity index is 856. The number of piperidine rings is 1. The molecule has 2 aliphatic heterocycles. The van der Waals surface area contributed by atoms with Crippen LogP contribution in [0.4, 0.5) is 0 Å². The quantitative estimate of drug-likeness (QED) is 0.885. The minimum atomic E-state index is -0.135. The van der Waals surface area contributed by atoms with Gasteiger partial charge in [0.05, 0.1) is 25.3 Å². The van der Waals surface area contributed by atoms with E-state index in [0.717, 1.165) is 28.4 Å². The lowest BCUT2D eigenvalue weighted by molar-refractivity contribution is -0.138. The summed E-state index contributed by atoms with van der Waals surface area (Å²) >= 11 is 0. The molecule has 7 nitrogen and oxygen atoms in total. The van der Waals surface area contributed by atoms with Crippen LogP contribution in [-0.4, -0.2) is 40.3 Å². The molecule has 7 heteroatoms. The summed E-state index contributed by atoms with van der Waals surface area (Å²) in [6.07, 6.45) is 3.51. The Morgan fingerprint density at radius 2 is 2.11 bits per heavy atom. The summed E-state index contributed by atoms with van der Waals surface area (Å²) in [7, 11) is 1.65. The SMILES string of the molecule is COc1ccc(Cc2ncc3c(n2)CN(C(=O)[C@@H]2CCC(=O)NC2)C3)cc1. The molecule has 140 valence electrons. The first-order valence-corrected chi connectivity index (χ1v) is 9.14. The number of hydrogen-bond acceptors (Lipinski definition) is 5. The van der Waals surface area contributed by atoms with E-state index in [4.69, 9.17) is 4.74 Å². The van der Waals surface area contributed by atoms with Crippen LogP contribution in [0, 0.1) is 5.92 Å². The van der Waals surface area contributed by atoms with Crippen LogP contribution in [0.25, 0.3) is 0 Å². The zero-order valence-corrected chi connectivity index (χ0v) is 15.3. The number of aromatic nitrogens is 2. The molecule has 1 fully saturated rings. The number of benzene rings is 1. The monoisotopic (exact) mass is 366 g/mol. The van der Waals surface area contributed by atoms with Gasteiger partial charge in [-0.1, -0.05) is 12.1 Å². The lowest BCUT2D eigenvalue weighted by Gasteiger charge is -2.26. The fraction of sp³-hybridized carbons (Fsp3) is 0.400. The highest BCUT2D eigenvalue weighted by Crippen LogP contribution is 2.25. The van der Waals surface area contributed by atoms with E-state index in [1.54, 1.807) is 7.11 Å². The minimum absolute atomic E-state index is 0.0257. The molecule has 3 heterocycles. The van der Waals surface area contributed by atoms with Gasteiger partial charge in [0.2, 0.25) is 11.8 Å². The second-order valence-corrected chi connectivity index (χ2v) is 7.02. The Hall–Kier alpha value is -2.96. The second-order valence-electron chi connectivity index (χ2n) is 7.02. The highest BCUT2D eigenvalue weighted by atomic mass is 16.5. The normalized spacial score (nSPS) is 18.8. The summed E-state index contributed by atoms with van der Waals surface area (Å²) in [6, 6.07) is 7.85. The third-order valence-electron chi connectivity index (χ3n) is 5.15. The van der Waals surface area contributed by atoms with Crippen LogP contribution in [0.15, 0.2) is 30.5 Å². The highest BCUT2D eigenvalue weighted by Gasteiger charge is 2.32. The summed E-state index contributed by atoms with van der Waals surface area (Å²) in [5, 5.41) is 2.78. The third-order valence-corrected chi connectivity index (χ3v) is 5.15. The molecule has 0 spiro atoms. The smallest absolute Gasteiger partial charge is 0.228 e. The molecule has 4 rings (SSSR count). The molecule has 0 radical (unpaired) electrons. The zero-order chi connectivity index (χ0) is 18.8. The molecule has 1 N–H and O–H groups in total. The minimum Gasteiger partial charge on any atom is -0.497 e. The van der Waals surface area contributed by atoms with Crippen molar-refractivity contribution in [3.05, 3.63) is 53.1 Å². The van der Waals surface area contributed by atoms with Crippen molar-refractivity contribution in [3.63, 3.8) is 0 Å². The predicted molar refractivity (Wildman–Crippen MR) is 97.8 cm³/mol. The molecule has 27 heavy (non-hydrogen) atoms. The molecule has 1 atom stereocenters. The van der Waals surface area contributed by atoms with Gasteiger partial charge in [0.1, 0.15) is 11.6 Å². The Morgan fingerprint density at radius 1 is 1.30 bits per heavy atom. The lowest BCUT2D eigenvalue weighted by Crippen LogP contribution is -2.43. The van der Waals surface area contributed by atoms with Crippen molar-refractivity contribution in [2.45, 2.75) is 32.4 Å². The fourth-order valence-corrected chi connectivity index (χ4v) is 3.56. The maximum Gasteiger partial charge on any atom is 0.228 e. The molecule has 0 saturated carbocycles. The summed E-state index contributed by atoms with van der Waals surface area (Å²) in [5.74, 6) is 1.55. The predicted octanol–water partition coefficient (Wildman–Crippen LogP) is 1.44. The van der Waals surface area contributed by atoms with E-state index in [1.807, 2.05) is 35.4 Å². The number of methoxy groups -OCH3 is 1. The van der Waals surface area contributed by atoms with Crippen LogP contribution in [0.1, 0.15) is 35.5 Å². The van der Waals surface area contributed by atoms with Crippen molar-refractivity contribution in [1.82, 2.24) is 20.2 Å². The molecule has 1 aromatic carbocycles. The van der Waals surface area contributed by atoms with Crippen molar-refractivity contribution in [2.75, 3.05) is 13.7 Å². The topological polar surface area (TPSA) is 84.4 Å². The lowest BCUT2D eigenvalue weighted by atomic mass is 9.98. The first kappa shape index (κ1) is 17.5. The number of carbonyl (C=O) groups is 2. The Morgan fingerprint density at radius 3 is 2.81 bits per heavy atom. The Balaban J connectivity index is 1.42. The average Bonchev–Trinajstić information content (AvgIpc) is 3.12. The molecule has 1 saturated heterocycles. The number of nitrogens with one attached hydrogen (secondary N) is 1. The van der Waals surface area contributed by atoms with Crippen molar-refractivity contribution >= 4 is 11.8 Å². The first-order chi connectivity index (χ1) is 13.1. The van der Waals surface area contributed by atoms with Gasteiger partial charge >= 0.3 is 0 Å². The third kappa shape index (κ3) is 3.77. The number of nitrogens with zero attached hydrogens (tertiary/aromatic N) is 3. The van der Waals surface area contributed by atoms with E-state index < -0.39 is 0 Å². The van der Waals surface area contributed by atoms with Gasteiger partial charge in [0.15, 0.2) is 0 Å². The average molecular weight is 366 g/mol. The van der Waals surface area contributed by atoms with Gasteiger partial charge in [-0.25, -0.2) is 9.97 Å². The van der Waals surface area contributed by atoms with Crippen LogP contribution in [0.2, 0.25) is 0 Å². The van der Waals surface area contributed by atoms with Gasteiger partial charge in [-0.05, 0) is 24.1 Å². The summed E-state index contributed by atoms with van der Waals surface area (Å²) in [6.45, 7) is 1.48. The number of carbonyl (C=O) groups excluding carboxylic acids is 2. The molecule has 0 aliphatic carbocycles. The second kappa shape index (κ2) is 7.34. The van der Waals surface area contributed by atoms with Crippen LogP contribution < -0.4 is 10.1 Å². The molecule has 2 aromatic rings. The van der Waals surface area contributed by atoms with Crippen molar-refractivity contribution in [2.24, 2.45) is 5.92 Å². The maximum atomic E-state index is 12.7. The van der Waals surface area contributed by atoms with E-state index in [9.17, 15) is 9.59 Å². The van der Waals surface area contributed by atoms with Crippen LogP contribution >= 0.6 is 0 Å². The highest BCUT2D eigenvalue weighted by molar-refractivity contribution is 5.84. The Labute approximate surface area is 157 Å². The van der Waals surface area contributed by atoms with E-state index in [-0.39, 0.29) is 17.7 Å². The molecular weight excluding hydrogens is 344 g/mol. The fourth-order valence-electron chi connectivity index (χ4n) is 3.56. The van der Waals surface area contributed by atoms with Crippen LogP contribution in [0.3, 0.4) is 0 Å².